The lowest BCUT2D eigenvalue weighted by Crippen LogP contribution is -2.12. The van der Waals surface area contributed by atoms with Crippen LogP contribution < -0.4 is 5.32 Å². The highest BCUT2D eigenvalue weighted by molar-refractivity contribution is 5.85. The fourth-order valence-corrected chi connectivity index (χ4v) is 2.29. The van der Waals surface area contributed by atoms with Gasteiger partial charge in [-0.3, -0.25) is 0 Å². The van der Waals surface area contributed by atoms with E-state index in [9.17, 15) is 4.79 Å². The van der Waals surface area contributed by atoms with Crippen molar-refractivity contribution in [1.82, 2.24) is 9.97 Å². The Morgan fingerprint density at radius 2 is 2.06 bits per heavy atom. The Kier molecular flexibility index (Phi) is 3.56. The van der Waals surface area contributed by atoms with Gasteiger partial charge in [0, 0.05) is 18.7 Å². The van der Waals surface area contributed by atoms with Gasteiger partial charge in [0.05, 0.1) is 0 Å². The van der Waals surface area contributed by atoms with Crippen LogP contribution in [0.1, 0.15) is 54.2 Å². The number of carboxylic acids is 1. The van der Waals surface area contributed by atoms with Gasteiger partial charge in [0.1, 0.15) is 0 Å². The van der Waals surface area contributed by atoms with Crippen LogP contribution in [0.5, 0.6) is 0 Å². The summed E-state index contributed by atoms with van der Waals surface area (Å²) in [5, 5.41) is 11.8. The lowest BCUT2D eigenvalue weighted by atomic mass is 9.86. The van der Waals surface area contributed by atoms with Crippen LogP contribution in [0.3, 0.4) is 0 Å². The molecule has 1 heterocycles. The summed E-state index contributed by atoms with van der Waals surface area (Å²) >= 11 is 0. The molecule has 1 aromatic heterocycles. The second-order valence-corrected chi connectivity index (χ2v) is 4.39. The molecule has 17 heavy (non-hydrogen) atoms. The first-order valence-corrected chi connectivity index (χ1v) is 6.00. The van der Waals surface area contributed by atoms with Gasteiger partial charge in [-0.2, -0.15) is 0 Å². The highest BCUT2D eigenvalue weighted by Crippen LogP contribution is 2.32. The molecule has 5 heteroatoms. The van der Waals surface area contributed by atoms with Crippen LogP contribution in [0, 0.1) is 0 Å². The zero-order valence-corrected chi connectivity index (χ0v) is 9.94. The van der Waals surface area contributed by atoms with Crippen molar-refractivity contribution in [2.45, 2.75) is 38.0 Å². The number of hydrogen-bond acceptors (Lipinski definition) is 4. The predicted octanol–water partition coefficient (Wildman–Crippen LogP) is 2.26. The molecule has 0 aromatic carbocycles. The van der Waals surface area contributed by atoms with Crippen LogP contribution in [-0.4, -0.2) is 28.1 Å². The zero-order chi connectivity index (χ0) is 12.3. The number of aromatic carboxylic acids is 1. The molecule has 92 valence electrons. The average molecular weight is 235 g/mol. The minimum atomic E-state index is -0.999. The minimum Gasteiger partial charge on any atom is -0.477 e. The molecular formula is C12H17N3O2. The normalized spacial score (nSPS) is 16.8. The molecule has 5 nitrogen and oxygen atoms in total. The van der Waals surface area contributed by atoms with E-state index in [1.165, 1.54) is 19.3 Å². The smallest absolute Gasteiger partial charge is 0.354 e. The van der Waals surface area contributed by atoms with Crippen LogP contribution in [0.4, 0.5) is 5.95 Å². The number of anilines is 1. The molecule has 0 aliphatic heterocycles. The third kappa shape index (κ3) is 2.72. The first kappa shape index (κ1) is 11.8. The highest BCUT2D eigenvalue weighted by Gasteiger charge is 2.19. The molecule has 0 radical (unpaired) electrons. The fourth-order valence-electron chi connectivity index (χ4n) is 2.29. The van der Waals surface area contributed by atoms with Crippen molar-refractivity contribution in [2.24, 2.45) is 0 Å². The van der Waals surface area contributed by atoms with Crippen molar-refractivity contribution in [3.63, 3.8) is 0 Å². The molecule has 0 bridgehead atoms. The molecule has 1 aromatic rings. The Labute approximate surface area is 100 Å². The predicted molar refractivity (Wildman–Crippen MR) is 64.4 cm³/mol. The summed E-state index contributed by atoms with van der Waals surface area (Å²) < 4.78 is 0. The third-order valence-corrected chi connectivity index (χ3v) is 3.21. The van der Waals surface area contributed by atoms with Gasteiger partial charge in [0.15, 0.2) is 5.69 Å². The van der Waals surface area contributed by atoms with Crippen LogP contribution in [0.2, 0.25) is 0 Å². The lowest BCUT2D eigenvalue weighted by molar-refractivity contribution is 0.0690. The van der Waals surface area contributed by atoms with Crippen molar-refractivity contribution < 1.29 is 9.90 Å². The van der Waals surface area contributed by atoms with Crippen LogP contribution in [0.15, 0.2) is 6.07 Å². The minimum absolute atomic E-state index is 0.0740. The topological polar surface area (TPSA) is 75.1 Å². The van der Waals surface area contributed by atoms with Gasteiger partial charge in [-0.1, -0.05) is 19.3 Å². The molecule has 0 amide bonds. The van der Waals surface area contributed by atoms with Crippen molar-refractivity contribution in [3.8, 4) is 0 Å². The van der Waals surface area contributed by atoms with E-state index in [1.807, 2.05) is 0 Å². The van der Waals surface area contributed by atoms with Crippen molar-refractivity contribution in [3.05, 3.63) is 17.5 Å². The number of nitrogens with one attached hydrogen (secondary N) is 1. The van der Waals surface area contributed by atoms with Crippen molar-refractivity contribution in [1.29, 1.82) is 0 Å². The maximum atomic E-state index is 11.0. The maximum Gasteiger partial charge on any atom is 0.354 e. The van der Waals surface area contributed by atoms with E-state index in [1.54, 1.807) is 13.1 Å². The van der Waals surface area contributed by atoms with Crippen molar-refractivity contribution >= 4 is 11.9 Å². The first-order valence-electron chi connectivity index (χ1n) is 6.00. The summed E-state index contributed by atoms with van der Waals surface area (Å²) in [4.78, 5) is 19.3. The van der Waals surface area contributed by atoms with E-state index in [-0.39, 0.29) is 5.69 Å². The maximum absolute atomic E-state index is 11.0. The van der Waals surface area contributed by atoms with E-state index >= 15 is 0 Å². The quantitative estimate of drug-likeness (QED) is 0.840. The zero-order valence-electron chi connectivity index (χ0n) is 9.94. The molecule has 1 aliphatic carbocycles. The molecule has 0 unspecified atom stereocenters. The van der Waals surface area contributed by atoms with Gasteiger partial charge in [-0.25, -0.2) is 14.8 Å². The molecule has 2 N–H and O–H groups in total. The standard InChI is InChI=1S/C12H17N3O2/c1-13-12-14-9(7-10(15-12)11(16)17)8-5-3-2-4-6-8/h7-8H,2-6H2,1H3,(H,16,17)(H,13,14,15). The summed E-state index contributed by atoms with van der Waals surface area (Å²) in [7, 11) is 1.70. The first-order chi connectivity index (χ1) is 8.20. The Balaban J connectivity index is 2.31. The number of aromatic nitrogens is 2. The van der Waals surface area contributed by atoms with Gasteiger partial charge in [-0.05, 0) is 18.9 Å². The van der Waals surface area contributed by atoms with Crippen molar-refractivity contribution in [2.75, 3.05) is 12.4 Å². The number of rotatable bonds is 3. The van der Waals surface area contributed by atoms with Gasteiger partial charge in [-0.15, -0.1) is 0 Å². The Bertz CT molecular complexity index is 414. The van der Waals surface area contributed by atoms with Crippen LogP contribution >= 0.6 is 0 Å². The molecule has 2 rings (SSSR count). The molecular weight excluding hydrogens is 218 g/mol. The Morgan fingerprint density at radius 1 is 1.35 bits per heavy atom. The number of hydrogen-bond donors (Lipinski definition) is 2. The van der Waals surface area contributed by atoms with Crippen LogP contribution in [-0.2, 0) is 0 Å². The van der Waals surface area contributed by atoms with E-state index < -0.39 is 5.97 Å². The summed E-state index contributed by atoms with van der Waals surface area (Å²) in [5.41, 5.74) is 0.936. The summed E-state index contributed by atoms with van der Waals surface area (Å²) in [6.07, 6.45) is 5.86. The van der Waals surface area contributed by atoms with E-state index in [0.29, 0.717) is 11.9 Å². The molecule has 1 saturated carbocycles. The van der Waals surface area contributed by atoms with Gasteiger partial charge >= 0.3 is 5.97 Å². The van der Waals surface area contributed by atoms with Crippen LogP contribution in [0.25, 0.3) is 0 Å². The number of carboxylic acid groups (broad SMARTS) is 1. The molecule has 1 aliphatic rings. The molecule has 0 atom stereocenters. The second-order valence-electron chi connectivity index (χ2n) is 4.39. The van der Waals surface area contributed by atoms with Gasteiger partial charge in [0.2, 0.25) is 5.95 Å². The SMILES string of the molecule is CNc1nc(C(=O)O)cc(C2CCCCC2)n1. The number of nitrogens with zero attached hydrogens (tertiary/aromatic N) is 2. The fraction of sp³-hybridized carbons (Fsp3) is 0.583. The average Bonchev–Trinajstić information content (AvgIpc) is 2.39. The Hall–Kier alpha value is -1.65. The monoisotopic (exact) mass is 235 g/mol. The highest BCUT2D eigenvalue weighted by atomic mass is 16.4. The third-order valence-electron chi connectivity index (χ3n) is 3.21. The summed E-state index contributed by atoms with van der Waals surface area (Å²) in [6, 6.07) is 1.61. The largest absolute Gasteiger partial charge is 0.477 e. The number of carbonyl (C=O) groups is 1. The van der Waals surface area contributed by atoms with Gasteiger partial charge < -0.3 is 10.4 Å². The summed E-state index contributed by atoms with van der Waals surface area (Å²) in [6.45, 7) is 0. The van der Waals surface area contributed by atoms with E-state index in [4.69, 9.17) is 5.11 Å². The molecule has 0 spiro atoms. The van der Waals surface area contributed by atoms with Gasteiger partial charge in [0.25, 0.3) is 0 Å². The lowest BCUT2D eigenvalue weighted by Gasteiger charge is -2.21. The van der Waals surface area contributed by atoms with E-state index in [0.717, 1.165) is 18.5 Å². The molecule has 1 fully saturated rings. The second kappa shape index (κ2) is 5.12. The summed E-state index contributed by atoms with van der Waals surface area (Å²) in [5.74, 6) is -0.219. The molecule has 0 saturated heterocycles. The van der Waals surface area contributed by atoms with E-state index in [2.05, 4.69) is 15.3 Å². The Morgan fingerprint density at radius 3 is 2.65 bits per heavy atom.